The molecular weight excluding hydrogens is 170 g/mol. The van der Waals surface area contributed by atoms with Crippen molar-refractivity contribution in [3.63, 3.8) is 0 Å². The van der Waals surface area contributed by atoms with Gasteiger partial charge in [0, 0.05) is 12.4 Å². The van der Waals surface area contributed by atoms with Gasteiger partial charge in [0.05, 0.1) is 0 Å². The van der Waals surface area contributed by atoms with Crippen molar-refractivity contribution in [1.29, 1.82) is 0 Å². The maximum absolute atomic E-state index is 8.49. The van der Waals surface area contributed by atoms with Gasteiger partial charge in [-0.2, -0.15) is 0 Å². The van der Waals surface area contributed by atoms with E-state index in [1.54, 1.807) is 24.5 Å². The second-order valence-corrected chi connectivity index (χ2v) is 2.90. The molecule has 0 bridgehead atoms. The van der Waals surface area contributed by atoms with Gasteiger partial charge in [-0.05, 0) is 29.6 Å². The molecule has 2 aromatic heterocycles. The van der Waals surface area contributed by atoms with E-state index in [0.29, 0.717) is 5.06 Å². The summed E-state index contributed by atoms with van der Waals surface area (Å²) >= 11 is 1.33. The molecule has 0 amide bonds. The Balaban J connectivity index is 0.000000120. The molecule has 2 heterocycles. The SMILES string of the molecule is Oc1cccs1.c1ccncc1. The fourth-order valence-electron chi connectivity index (χ4n) is 0.582. The molecule has 0 radical (unpaired) electrons. The fourth-order valence-corrected chi connectivity index (χ4v) is 1.04. The normalized spacial score (nSPS) is 8.33. The molecule has 0 spiro atoms. The van der Waals surface area contributed by atoms with Crippen LogP contribution in [0, 0.1) is 0 Å². The molecule has 2 nitrogen and oxygen atoms in total. The molecule has 2 aromatic rings. The van der Waals surface area contributed by atoms with Crippen LogP contribution in [-0.2, 0) is 0 Å². The van der Waals surface area contributed by atoms with Gasteiger partial charge in [-0.3, -0.25) is 4.98 Å². The molecule has 1 N–H and O–H groups in total. The summed E-state index contributed by atoms with van der Waals surface area (Å²) < 4.78 is 0. The highest BCUT2D eigenvalue weighted by Gasteiger charge is 1.77. The second kappa shape index (κ2) is 5.32. The summed E-state index contributed by atoms with van der Waals surface area (Å²) in [4.78, 5) is 3.78. The lowest BCUT2D eigenvalue weighted by molar-refractivity contribution is 0.491. The average Bonchev–Trinajstić information content (AvgIpc) is 2.60. The number of hydrogen-bond acceptors (Lipinski definition) is 3. The van der Waals surface area contributed by atoms with E-state index in [4.69, 9.17) is 5.11 Å². The van der Waals surface area contributed by atoms with E-state index in [9.17, 15) is 0 Å². The molecule has 0 aliphatic carbocycles. The largest absolute Gasteiger partial charge is 0.499 e. The summed E-state index contributed by atoms with van der Waals surface area (Å²) in [5.41, 5.74) is 0. The lowest BCUT2D eigenvalue weighted by Gasteiger charge is -1.70. The molecule has 0 aromatic carbocycles. The Hall–Kier alpha value is -1.35. The van der Waals surface area contributed by atoms with Crippen molar-refractivity contribution in [2.75, 3.05) is 0 Å². The Bertz CT molecular complexity index is 254. The van der Waals surface area contributed by atoms with Gasteiger partial charge in [-0.15, -0.1) is 11.3 Å². The Kier molecular flexibility index (Phi) is 3.88. The van der Waals surface area contributed by atoms with Gasteiger partial charge in [0.1, 0.15) is 0 Å². The lowest BCUT2D eigenvalue weighted by atomic mass is 10.5. The summed E-state index contributed by atoms with van der Waals surface area (Å²) in [6.45, 7) is 0. The molecule has 0 fully saturated rings. The molecule has 0 saturated carbocycles. The molecule has 0 atom stereocenters. The molecule has 0 unspecified atom stereocenters. The van der Waals surface area contributed by atoms with E-state index < -0.39 is 0 Å². The van der Waals surface area contributed by atoms with Crippen molar-refractivity contribution in [3.8, 4) is 5.06 Å². The van der Waals surface area contributed by atoms with Crippen LogP contribution in [0.15, 0.2) is 48.1 Å². The summed E-state index contributed by atoms with van der Waals surface area (Å²) in [5, 5.41) is 10.7. The molecule has 2 rings (SSSR count). The zero-order chi connectivity index (χ0) is 8.65. The van der Waals surface area contributed by atoms with Crippen LogP contribution < -0.4 is 0 Å². The third-order valence-corrected chi connectivity index (χ3v) is 1.74. The number of thiophene rings is 1. The topological polar surface area (TPSA) is 33.1 Å². The van der Waals surface area contributed by atoms with Gasteiger partial charge in [-0.1, -0.05) is 6.07 Å². The summed E-state index contributed by atoms with van der Waals surface area (Å²) in [7, 11) is 0. The van der Waals surface area contributed by atoms with Gasteiger partial charge in [-0.25, -0.2) is 0 Å². The van der Waals surface area contributed by atoms with E-state index in [2.05, 4.69) is 4.98 Å². The lowest BCUT2D eigenvalue weighted by Crippen LogP contribution is -1.58. The van der Waals surface area contributed by atoms with Crippen molar-refractivity contribution in [2.45, 2.75) is 0 Å². The number of pyridine rings is 1. The predicted molar refractivity (Wildman–Crippen MR) is 50.2 cm³/mol. The van der Waals surface area contributed by atoms with Crippen LogP contribution in [0.4, 0.5) is 0 Å². The quantitative estimate of drug-likeness (QED) is 0.674. The zero-order valence-electron chi connectivity index (χ0n) is 6.42. The highest BCUT2D eigenvalue weighted by Crippen LogP contribution is 2.14. The third-order valence-electron chi connectivity index (χ3n) is 1.07. The first-order valence-corrected chi connectivity index (χ1v) is 4.35. The maximum Gasteiger partial charge on any atom is 0.171 e. The van der Waals surface area contributed by atoms with Gasteiger partial charge in [0.15, 0.2) is 5.06 Å². The third kappa shape index (κ3) is 3.73. The van der Waals surface area contributed by atoms with Crippen molar-refractivity contribution < 1.29 is 5.11 Å². The molecular formula is C9H9NOS. The smallest absolute Gasteiger partial charge is 0.171 e. The van der Waals surface area contributed by atoms with Gasteiger partial charge in [0.2, 0.25) is 0 Å². The van der Waals surface area contributed by atoms with Crippen LogP contribution in [0.2, 0.25) is 0 Å². The Morgan fingerprint density at radius 2 is 1.83 bits per heavy atom. The molecule has 12 heavy (non-hydrogen) atoms. The molecule has 62 valence electrons. The van der Waals surface area contributed by atoms with E-state index in [1.165, 1.54) is 11.3 Å². The Morgan fingerprint density at radius 3 is 2.00 bits per heavy atom. The zero-order valence-corrected chi connectivity index (χ0v) is 7.24. The van der Waals surface area contributed by atoms with Crippen molar-refractivity contribution in [1.82, 2.24) is 4.98 Å². The Labute approximate surface area is 75.1 Å². The van der Waals surface area contributed by atoms with E-state index >= 15 is 0 Å². The highest BCUT2D eigenvalue weighted by atomic mass is 32.1. The minimum Gasteiger partial charge on any atom is -0.499 e. The first kappa shape index (κ1) is 8.74. The number of hydrogen-bond donors (Lipinski definition) is 1. The fraction of sp³-hybridized carbons (Fsp3) is 0. The number of aromatic hydroxyl groups is 1. The van der Waals surface area contributed by atoms with Crippen LogP contribution in [0.5, 0.6) is 5.06 Å². The Morgan fingerprint density at radius 1 is 1.08 bits per heavy atom. The molecule has 0 aliphatic heterocycles. The van der Waals surface area contributed by atoms with Crippen LogP contribution in [0.1, 0.15) is 0 Å². The van der Waals surface area contributed by atoms with E-state index in [1.807, 2.05) is 23.6 Å². The van der Waals surface area contributed by atoms with Crippen molar-refractivity contribution in [3.05, 3.63) is 48.1 Å². The minimum atomic E-state index is 0.384. The maximum atomic E-state index is 8.49. The minimum absolute atomic E-state index is 0.384. The number of rotatable bonds is 0. The highest BCUT2D eigenvalue weighted by molar-refractivity contribution is 7.11. The first-order valence-electron chi connectivity index (χ1n) is 3.47. The van der Waals surface area contributed by atoms with E-state index in [-0.39, 0.29) is 0 Å². The van der Waals surface area contributed by atoms with E-state index in [0.717, 1.165) is 0 Å². The molecule has 3 heteroatoms. The summed E-state index contributed by atoms with van der Waals surface area (Å²) in [6, 6.07) is 9.18. The average molecular weight is 179 g/mol. The van der Waals surface area contributed by atoms with Gasteiger partial charge in [0.25, 0.3) is 0 Å². The molecule has 0 aliphatic rings. The van der Waals surface area contributed by atoms with Crippen LogP contribution in [-0.4, -0.2) is 10.1 Å². The van der Waals surface area contributed by atoms with Gasteiger partial charge >= 0.3 is 0 Å². The summed E-state index contributed by atoms with van der Waals surface area (Å²) in [5.74, 6) is 0. The van der Waals surface area contributed by atoms with Crippen molar-refractivity contribution in [2.24, 2.45) is 0 Å². The summed E-state index contributed by atoms with van der Waals surface area (Å²) in [6.07, 6.45) is 3.50. The first-order chi connectivity index (χ1) is 5.89. The van der Waals surface area contributed by atoms with Gasteiger partial charge < -0.3 is 5.11 Å². The monoisotopic (exact) mass is 179 g/mol. The van der Waals surface area contributed by atoms with Crippen LogP contribution >= 0.6 is 11.3 Å². The number of nitrogens with zero attached hydrogens (tertiary/aromatic N) is 1. The second-order valence-electron chi connectivity index (χ2n) is 1.98. The number of aromatic nitrogens is 1. The standard InChI is InChI=1S/C5H5N.C4H4OS/c1-2-4-6-5-3-1;5-4-2-1-3-6-4/h1-5H;1-3,5H. The predicted octanol–water partition coefficient (Wildman–Crippen LogP) is 2.54. The molecule has 0 saturated heterocycles. The van der Waals surface area contributed by atoms with Crippen LogP contribution in [0.3, 0.4) is 0 Å². The van der Waals surface area contributed by atoms with Crippen molar-refractivity contribution >= 4 is 11.3 Å². The van der Waals surface area contributed by atoms with Crippen LogP contribution in [0.25, 0.3) is 0 Å².